The molecule has 0 aliphatic rings. The zero-order valence-electron chi connectivity index (χ0n) is 10.0. The lowest BCUT2D eigenvalue weighted by molar-refractivity contribution is 0.0685. The van der Waals surface area contributed by atoms with Crippen molar-refractivity contribution in [2.75, 3.05) is 0 Å². The summed E-state index contributed by atoms with van der Waals surface area (Å²) in [6, 6.07) is 7.48. The first kappa shape index (κ1) is 13.3. The minimum Gasteiger partial charge on any atom is -0.476 e. The van der Waals surface area contributed by atoms with Crippen molar-refractivity contribution in [3.8, 4) is 0 Å². The van der Waals surface area contributed by atoms with Crippen molar-refractivity contribution >= 4 is 15.8 Å². The molecule has 7 heteroatoms. The van der Waals surface area contributed by atoms with Crippen LogP contribution in [0, 0.1) is 6.92 Å². The lowest BCUT2D eigenvalue weighted by atomic mass is 10.2. The number of nitrogens with zero attached hydrogens (tertiary/aromatic N) is 1. The molecule has 0 saturated heterocycles. The molecule has 1 N–H and O–H groups in total. The van der Waals surface area contributed by atoms with Gasteiger partial charge in [0.15, 0.2) is 21.3 Å². The zero-order valence-corrected chi connectivity index (χ0v) is 10.8. The van der Waals surface area contributed by atoms with Crippen molar-refractivity contribution in [1.29, 1.82) is 0 Å². The lowest BCUT2D eigenvalue weighted by Crippen LogP contribution is -2.04. The summed E-state index contributed by atoms with van der Waals surface area (Å²) in [6.07, 6.45) is 0. The number of benzene rings is 1. The monoisotopic (exact) mass is 281 g/mol. The van der Waals surface area contributed by atoms with Crippen LogP contribution in [0.15, 0.2) is 39.8 Å². The highest BCUT2D eigenvalue weighted by molar-refractivity contribution is 7.90. The first-order valence-corrected chi connectivity index (χ1v) is 7.02. The van der Waals surface area contributed by atoms with E-state index in [1.54, 1.807) is 12.1 Å². The van der Waals surface area contributed by atoms with Gasteiger partial charge < -0.3 is 9.63 Å². The Morgan fingerprint density at radius 3 is 2.47 bits per heavy atom. The molecule has 19 heavy (non-hydrogen) atoms. The highest BCUT2D eigenvalue weighted by atomic mass is 32.2. The molecule has 0 radical (unpaired) electrons. The molecule has 0 bridgehead atoms. The maximum Gasteiger partial charge on any atom is 0.358 e. The smallest absolute Gasteiger partial charge is 0.358 e. The summed E-state index contributed by atoms with van der Waals surface area (Å²) in [5.41, 5.74) is 0.640. The third-order valence-corrected chi connectivity index (χ3v) is 4.15. The number of sulfone groups is 1. The SMILES string of the molecule is Cc1ccc(S(=O)(=O)Cc2cc(C(=O)O)no2)cc1. The fraction of sp³-hybridized carbons (Fsp3) is 0.167. The number of aromatic carboxylic acids is 1. The standard InChI is InChI=1S/C12H11NO5S/c1-8-2-4-10(5-3-8)19(16,17)7-9-6-11(12(14)15)13-18-9/h2-6H,7H2,1H3,(H,14,15). The molecule has 1 aromatic carbocycles. The van der Waals surface area contributed by atoms with Gasteiger partial charge in [0.25, 0.3) is 0 Å². The van der Waals surface area contributed by atoms with E-state index in [-0.39, 0.29) is 16.3 Å². The first-order valence-electron chi connectivity index (χ1n) is 5.37. The van der Waals surface area contributed by atoms with Gasteiger partial charge in [-0.2, -0.15) is 0 Å². The zero-order chi connectivity index (χ0) is 14.0. The van der Waals surface area contributed by atoms with Crippen molar-refractivity contribution in [3.05, 3.63) is 47.3 Å². The van der Waals surface area contributed by atoms with E-state index in [2.05, 4.69) is 5.16 Å². The molecule has 1 heterocycles. The van der Waals surface area contributed by atoms with Gasteiger partial charge >= 0.3 is 5.97 Å². The number of carboxylic acids is 1. The largest absolute Gasteiger partial charge is 0.476 e. The molecule has 2 aromatic rings. The molecule has 0 atom stereocenters. The summed E-state index contributed by atoms with van der Waals surface area (Å²) in [7, 11) is -3.57. The number of aromatic nitrogens is 1. The predicted molar refractivity (Wildman–Crippen MR) is 65.5 cm³/mol. The summed E-state index contributed by atoms with van der Waals surface area (Å²) in [5, 5.41) is 11.9. The summed E-state index contributed by atoms with van der Waals surface area (Å²) in [4.78, 5) is 10.8. The van der Waals surface area contributed by atoms with Crippen LogP contribution < -0.4 is 0 Å². The number of hydrogen-bond donors (Lipinski definition) is 1. The van der Waals surface area contributed by atoms with E-state index in [0.29, 0.717) is 0 Å². The fourth-order valence-electron chi connectivity index (χ4n) is 1.50. The van der Waals surface area contributed by atoms with E-state index < -0.39 is 21.6 Å². The molecule has 2 rings (SSSR count). The molecule has 100 valence electrons. The topological polar surface area (TPSA) is 97.5 Å². The predicted octanol–water partition coefficient (Wildman–Crippen LogP) is 1.66. The molecule has 0 spiro atoms. The number of aryl methyl sites for hydroxylation is 1. The van der Waals surface area contributed by atoms with E-state index in [4.69, 9.17) is 9.63 Å². The van der Waals surface area contributed by atoms with E-state index >= 15 is 0 Å². The van der Waals surface area contributed by atoms with Crippen LogP contribution in [0.3, 0.4) is 0 Å². The Morgan fingerprint density at radius 2 is 1.95 bits per heavy atom. The number of rotatable bonds is 4. The second-order valence-corrected chi connectivity index (χ2v) is 6.05. The molecular formula is C12H11NO5S. The van der Waals surface area contributed by atoms with Gasteiger partial charge in [0.05, 0.1) is 4.90 Å². The summed E-state index contributed by atoms with van der Waals surface area (Å²) >= 11 is 0. The molecule has 0 unspecified atom stereocenters. The average Bonchev–Trinajstić information content (AvgIpc) is 2.77. The van der Waals surface area contributed by atoms with Gasteiger partial charge in [-0.3, -0.25) is 0 Å². The molecule has 0 aliphatic carbocycles. The van der Waals surface area contributed by atoms with Gasteiger partial charge in [0, 0.05) is 6.07 Å². The quantitative estimate of drug-likeness (QED) is 0.915. The Morgan fingerprint density at radius 1 is 1.32 bits per heavy atom. The van der Waals surface area contributed by atoms with Gasteiger partial charge in [0.2, 0.25) is 0 Å². The summed E-state index contributed by atoms with van der Waals surface area (Å²) < 4.78 is 28.8. The van der Waals surface area contributed by atoms with Crippen LogP contribution in [0.25, 0.3) is 0 Å². The molecule has 0 fully saturated rings. The molecule has 6 nitrogen and oxygen atoms in total. The Kier molecular flexibility index (Phi) is 3.39. The van der Waals surface area contributed by atoms with E-state index in [1.807, 2.05) is 6.92 Å². The van der Waals surface area contributed by atoms with E-state index in [1.165, 1.54) is 12.1 Å². The first-order chi connectivity index (χ1) is 8.88. The van der Waals surface area contributed by atoms with Crippen molar-refractivity contribution in [2.24, 2.45) is 0 Å². The van der Waals surface area contributed by atoms with Gasteiger partial charge in [-0.05, 0) is 19.1 Å². The fourth-order valence-corrected chi connectivity index (χ4v) is 2.73. The van der Waals surface area contributed by atoms with Crippen molar-refractivity contribution in [3.63, 3.8) is 0 Å². The van der Waals surface area contributed by atoms with Crippen LogP contribution in [0.2, 0.25) is 0 Å². The molecule has 0 amide bonds. The number of hydrogen-bond acceptors (Lipinski definition) is 5. The Labute approximate surface area is 109 Å². The van der Waals surface area contributed by atoms with Gasteiger partial charge in [-0.25, -0.2) is 13.2 Å². The maximum atomic E-state index is 12.1. The van der Waals surface area contributed by atoms with Crippen molar-refractivity contribution in [1.82, 2.24) is 5.16 Å². The molecule has 0 aliphatic heterocycles. The van der Waals surface area contributed by atoms with Gasteiger partial charge in [-0.1, -0.05) is 22.9 Å². The van der Waals surface area contributed by atoms with Crippen LogP contribution in [0.1, 0.15) is 21.8 Å². The van der Waals surface area contributed by atoms with Crippen LogP contribution >= 0.6 is 0 Å². The highest BCUT2D eigenvalue weighted by Crippen LogP contribution is 2.17. The normalized spacial score (nSPS) is 11.4. The highest BCUT2D eigenvalue weighted by Gasteiger charge is 2.19. The second kappa shape index (κ2) is 4.85. The maximum absolute atomic E-state index is 12.1. The Bertz CT molecular complexity index is 700. The van der Waals surface area contributed by atoms with E-state index in [0.717, 1.165) is 11.6 Å². The second-order valence-electron chi connectivity index (χ2n) is 4.06. The third kappa shape index (κ3) is 3.00. The lowest BCUT2D eigenvalue weighted by Gasteiger charge is -2.02. The summed E-state index contributed by atoms with van der Waals surface area (Å²) in [6.45, 7) is 1.85. The number of carboxylic acid groups (broad SMARTS) is 1. The minimum absolute atomic E-state index is 0.00187. The van der Waals surface area contributed by atoms with Crippen LogP contribution in [-0.2, 0) is 15.6 Å². The average molecular weight is 281 g/mol. The van der Waals surface area contributed by atoms with Crippen LogP contribution in [-0.4, -0.2) is 24.7 Å². The van der Waals surface area contributed by atoms with Gasteiger partial charge in [0.1, 0.15) is 5.75 Å². The van der Waals surface area contributed by atoms with Crippen LogP contribution in [0.4, 0.5) is 0 Å². The molecule has 0 saturated carbocycles. The van der Waals surface area contributed by atoms with Crippen LogP contribution in [0.5, 0.6) is 0 Å². The van der Waals surface area contributed by atoms with Crippen molar-refractivity contribution < 1.29 is 22.8 Å². The Balaban J connectivity index is 2.25. The molecular weight excluding hydrogens is 270 g/mol. The number of carbonyl (C=O) groups is 1. The third-order valence-electron chi connectivity index (χ3n) is 2.49. The Hall–Kier alpha value is -2.15. The van der Waals surface area contributed by atoms with Gasteiger partial charge in [-0.15, -0.1) is 0 Å². The molecule has 1 aromatic heterocycles. The minimum atomic E-state index is -3.57. The van der Waals surface area contributed by atoms with E-state index in [9.17, 15) is 13.2 Å². The van der Waals surface area contributed by atoms with Crippen molar-refractivity contribution in [2.45, 2.75) is 17.6 Å². The summed E-state index contributed by atoms with van der Waals surface area (Å²) in [5.74, 6) is -1.68.